The highest BCUT2D eigenvalue weighted by atomic mass is 16.5. The number of ether oxygens (including phenoxy) is 1. The van der Waals surface area contributed by atoms with Crippen molar-refractivity contribution in [2.24, 2.45) is 5.92 Å². The van der Waals surface area contributed by atoms with Crippen LogP contribution in [0.2, 0.25) is 0 Å². The highest BCUT2D eigenvalue weighted by Gasteiger charge is 2.43. The molecule has 5 rings (SSSR count). The quantitative estimate of drug-likeness (QED) is 0.489. The summed E-state index contributed by atoms with van der Waals surface area (Å²) < 4.78 is 11.8. The topological polar surface area (TPSA) is 80.0 Å². The minimum atomic E-state index is -0.605. The van der Waals surface area contributed by atoms with E-state index < -0.39 is 11.2 Å². The van der Waals surface area contributed by atoms with Crippen LogP contribution in [0, 0.1) is 19.8 Å². The maximum Gasteiger partial charge on any atom is 0.339 e. The summed E-state index contributed by atoms with van der Waals surface area (Å²) in [6.45, 7) is 5.46. The Bertz CT molecular complexity index is 1310. The first kappa shape index (κ1) is 24.6. The fourth-order valence-electron chi connectivity index (χ4n) is 5.94. The van der Waals surface area contributed by atoms with Gasteiger partial charge < -0.3 is 19.2 Å². The second-order valence-electron chi connectivity index (χ2n) is 10.5. The van der Waals surface area contributed by atoms with Gasteiger partial charge in [0.2, 0.25) is 5.91 Å². The van der Waals surface area contributed by atoms with Gasteiger partial charge in [0.1, 0.15) is 17.9 Å². The van der Waals surface area contributed by atoms with Crippen LogP contribution in [-0.2, 0) is 17.8 Å². The molecule has 3 aromatic rings. The summed E-state index contributed by atoms with van der Waals surface area (Å²) in [6, 6.07) is 13.8. The van der Waals surface area contributed by atoms with E-state index in [4.69, 9.17) is 9.15 Å². The monoisotopic (exact) mass is 489 g/mol. The van der Waals surface area contributed by atoms with Crippen LogP contribution in [0.15, 0.2) is 51.7 Å². The van der Waals surface area contributed by atoms with E-state index in [1.54, 1.807) is 0 Å². The molecule has 1 saturated heterocycles. The van der Waals surface area contributed by atoms with Gasteiger partial charge in [0.25, 0.3) is 0 Å². The van der Waals surface area contributed by atoms with Crippen molar-refractivity contribution < 1.29 is 19.1 Å². The number of nitrogens with zero attached hydrogens (tertiary/aromatic N) is 1. The van der Waals surface area contributed by atoms with Gasteiger partial charge in [-0.25, -0.2) is 4.79 Å². The van der Waals surface area contributed by atoms with Gasteiger partial charge in [-0.15, -0.1) is 0 Å². The molecule has 2 aromatic carbocycles. The Labute approximate surface area is 211 Å². The third kappa shape index (κ3) is 4.79. The predicted octanol–water partition coefficient (Wildman–Crippen LogP) is 5.08. The molecule has 6 heteroatoms. The Balaban J connectivity index is 1.29. The summed E-state index contributed by atoms with van der Waals surface area (Å²) >= 11 is 0. The molecule has 6 nitrogen and oxygen atoms in total. The number of aryl methyl sites for hydroxylation is 2. The van der Waals surface area contributed by atoms with Crippen molar-refractivity contribution in [1.82, 2.24) is 4.90 Å². The summed E-state index contributed by atoms with van der Waals surface area (Å²) in [6.07, 6.45) is 5.26. The molecular weight excluding hydrogens is 454 g/mol. The van der Waals surface area contributed by atoms with Crippen LogP contribution >= 0.6 is 0 Å². The van der Waals surface area contributed by atoms with Crippen LogP contribution in [0.3, 0.4) is 0 Å². The lowest BCUT2D eigenvalue weighted by Crippen LogP contribution is -2.54. The number of likely N-dealkylation sites (tertiary alicyclic amines) is 1. The van der Waals surface area contributed by atoms with Gasteiger partial charge in [-0.2, -0.15) is 0 Å². The molecule has 0 unspecified atom stereocenters. The number of aliphatic hydroxyl groups is 1. The number of amides is 1. The summed E-state index contributed by atoms with van der Waals surface area (Å²) in [7, 11) is 0. The SMILES string of the molecule is Cc1c(CCC(=O)N2CC[C@]3(O)CCCC[C@@H]3C2)c(=O)oc2c(C)c(OCc3ccccc3)ccc12. The summed E-state index contributed by atoms with van der Waals surface area (Å²) in [4.78, 5) is 27.8. The van der Waals surface area contributed by atoms with E-state index in [9.17, 15) is 14.7 Å². The van der Waals surface area contributed by atoms with Gasteiger partial charge in [0.15, 0.2) is 0 Å². The van der Waals surface area contributed by atoms with Crippen molar-refractivity contribution in [2.75, 3.05) is 13.1 Å². The molecule has 2 atom stereocenters. The van der Waals surface area contributed by atoms with Gasteiger partial charge in [0.05, 0.1) is 5.60 Å². The zero-order valence-electron chi connectivity index (χ0n) is 21.2. The molecule has 0 bridgehead atoms. The number of benzene rings is 2. The largest absolute Gasteiger partial charge is 0.488 e. The third-order valence-electron chi connectivity index (χ3n) is 8.26. The summed E-state index contributed by atoms with van der Waals surface area (Å²) in [5.74, 6) is 0.893. The third-order valence-corrected chi connectivity index (χ3v) is 8.26. The molecule has 2 heterocycles. The number of piperidine rings is 1. The fraction of sp³-hybridized carbons (Fsp3) is 0.467. The molecular formula is C30H35NO5. The summed E-state index contributed by atoms with van der Waals surface area (Å²) in [5.41, 5.74) is 2.80. The minimum absolute atomic E-state index is 0.0439. The Morgan fingerprint density at radius 2 is 1.92 bits per heavy atom. The number of rotatable bonds is 6. The molecule has 1 N–H and O–H groups in total. The van der Waals surface area contributed by atoms with Crippen molar-refractivity contribution in [2.45, 2.75) is 71.0 Å². The molecule has 1 saturated carbocycles. The highest BCUT2D eigenvalue weighted by molar-refractivity contribution is 5.86. The average molecular weight is 490 g/mol. The fourth-order valence-corrected chi connectivity index (χ4v) is 5.94. The second-order valence-corrected chi connectivity index (χ2v) is 10.5. The van der Waals surface area contributed by atoms with Crippen molar-refractivity contribution in [3.63, 3.8) is 0 Å². The zero-order chi connectivity index (χ0) is 25.3. The standard InChI is InChI=1S/C30H35NO5/c1-20-24-11-13-26(35-19-22-8-4-3-5-9-22)21(2)28(24)36-29(33)25(20)12-14-27(32)31-17-16-30(34)15-7-6-10-23(30)18-31/h3-5,8-9,11,13,23,34H,6-7,10,12,14-19H2,1-2H3/t23-,30-/m1/s1. The Morgan fingerprint density at radius 1 is 1.11 bits per heavy atom. The van der Waals surface area contributed by atoms with E-state index in [2.05, 4.69) is 0 Å². The number of carbonyl (C=O) groups excluding carboxylic acids is 1. The molecule has 1 aliphatic carbocycles. The number of hydrogen-bond donors (Lipinski definition) is 1. The molecule has 36 heavy (non-hydrogen) atoms. The first-order valence-corrected chi connectivity index (χ1v) is 13.1. The molecule has 2 aliphatic rings. The zero-order valence-corrected chi connectivity index (χ0v) is 21.2. The van der Waals surface area contributed by atoms with Crippen molar-refractivity contribution in [3.8, 4) is 5.75 Å². The number of carbonyl (C=O) groups is 1. The van der Waals surface area contributed by atoms with Crippen LogP contribution in [0.4, 0.5) is 0 Å². The summed E-state index contributed by atoms with van der Waals surface area (Å²) in [5, 5.41) is 11.8. The van der Waals surface area contributed by atoms with Gasteiger partial charge in [0, 0.05) is 41.9 Å². The first-order valence-electron chi connectivity index (χ1n) is 13.1. The van der Waals surface area contributed by atoms with E-state index in [0.717, 1.165) is 47.8 Å². The van der Waals surface area contributed by atoms with Gasteiger partial charge in [-0.05, 0) is 62.8 Å². The average Bonchev–Trinajstić information content (AvgIpc) is 2.88. The number of hydrogen-bond acceptors (Lipinski definition) is 5. The second kappa shape index (κ2) is 10.1. The van der Waals surface area contributed by atoms with E-state index in [-0.39, 0.29) is 18.2 Å². The Morgan fingerprint density at radius 3 is 2.72 bits per heavy atom. The predicted molar refractivity (Wildman–Crippen MR) is 139 cm³/mol. The van der Waals surface area contributed by atoms with Crippen molar-refractivity contribution >= 4 is 16.9 Å². The van der Waals surface area contributed by atoms with Crippen LogP contribution < -0.4 is 10.4 Å². The van der Waals surface area contributed by atoms with Gasteiger partial charge in [-0.1, -0.05) is 43.2 Å². The molecule has 0 spiro atoms. The Hall–Kier alpha value is -3.12. The molecule has 1 aliphatic heterocycles. The Kier molecular flexibility index (Phi) is 6.89. The normalized spacial score (nSPS) is 21.9. The van der Waals surface area contributed by atoms with E-state index in [0.29, 0.717) is 49.4 Å². The van der Waals surface area contributed by atoms with E-state index >= 15 is 0 Å². The van der Waals surface area contributed by atoms with Gasteiger partial charge >= 0.3 is 5.63 Å². The van der Waals surface area contributed by atoms with Crippen molar-refractivity contribution in [1.29, 1.82) is 0 Å². The maximum atomic E-state index is 13.0. The van der Waals surface area contributed by atoms with Gasteiger partial charge in [-0.3, -0.25) is 4.79 Å². The van der Waals surface area contributed by atoms with Crippen LogP contribution in [0.5, 0.6) is 5.75 Å². The smallest absolute Gasteiger partial charge is 0.339 e. The highest BCUT2D eigenvalue weighted by Crippen LogP contribution is 2.40. The van der Waals surface area contributed by atoms with Crippen molar-refractivity contribution in [3.05, 3.63) is 75.1 Å². The van der Waals surface area contributed by atoms with Crippen LogP contribution in [-0.4, -0.2) is 34.6 Å². The first-order chi connectivity index (χ1) is 17.4. The number of fused-ring (bicyclic) bond motifs is 2. The van der Waals surface area contributed by atoms with Crippen LogP contribution in [0.25, 0.3) is 11.0 Å². The lowest BCUT2D eigenvalue weighted by molar-refractivity contribution is -0.143. The maximum absolute atomic E-state index is 13.0. The molecule has 1 aromatic heterocycles. The van der Waals surface area contributed by atoms with Crippen LogP contribution in [0.1, 0.15) is 60.8 Å². The molecule has 2 fully saturated rings. The molecule has 190 valence electrons. The molecule has 1 amide bonds. The van der Waals surface area contributed by atoms with E-state index in [1.807, 2.05) is 61.2 Å². The van der Waals surface area contributed by atoms with E-state index in [1.165, 1.54) is 0 Å². The minimum Gasteiger partial charge on any atom is -0.488 e. The molecule has 0 radical (unpaired) electrons. The lowest BCUT2D eigenvalue weighted by atomic mass is 9.71. The lowest BCUT2D eigenvalue weighted by Gasteiger charge is -2.47.